The lowest BCUT2D eigenvalue weighted by Gasteiger charge is -2.47. The summed E-state index contributed by atoms with van der Waals surface area (Å²) >= 11 is 0. The Labute approximate surface area is 109 Å². The number of hydrogen-bond acceptors (Lipinski definition) is 5. The van der Waals surface area contributed by atoms with Crippen molar-refractivity contribution in [2.45, 2.75) is 38.6 Å². The second-order valence-corrected chi connectivity index (χ2v) is 5.46. The minimum Gasteiger partial charge on any atom is -0.383 e. The Bertz CT molecular complexity index is 437. The van der Waals surface area contributed by atoms with E-state index in [0.717, 1.165) is 17.9 Å². The van der Waals surface area contributed by atoms with Gasteiger partial charge < -0.3 is 16.0 Å². The Morgan fingerprint density at radius 3 is 2.44 bits per heavy atom. The van der Waals surface area contributed by atoms with E-state index in [0.29, 0.717) is 11.6 Å². The first-order valence-electron chi connectivity index (χ1n) is 6.47. The molecule has 1 heterocycles. The smallest absolute Gasteiger partial charge is 0.134 e. The van der Waals surface area contributed by atoms with Crippen LogP contribution in [0.1, 0.15) is 30.7 Å². The van der Waals surface area contributed by atoms with E-state index in [1.807, 2.05) is 13.8 Å². The van der Waals surface area contributed by atoms with Crippen LogP contribution in [-0.2, 0) is 0 Å². The molecule has 1 aromatic rings. The normalized spacial score (nSPS) is 17.6. The summed E-state index contributed by atoms with van der Waals surface area (Å²) < 4.78 is 0. The molecule has 0 aromatic carbocycles. The topological polar surface area (TPSA) is 67.1 Å². The molecule has 1 saturated carbocycles. The minimum absolute atomic E-state index is 0.278. The zero-order valence-corrected chi connectivity index (χ0v) is 11.7. The first-order chi connectivity index (χ1) is 8.44. The van der Waals surface area contributed by atoms with Gasteiger partial charge in [0.05, 0.1) is 0 Å². The molecule has 0 bridgehead atoms. The van der Waals surface area contributed by atoms with Crippen LogP contribution in [0.3, 0.4) is 0 Å². The summed E-state index contributed by atoms with van der Waals surface area (Å²) in [5.41, 5.74) is 7.08. The summed E-state index contributed by atoms with van der Waals surface area (Å²) in [5, 5.41) is 3.45. The Morgan fingerprint density at radius 1 is 1.28 bits per heavy atom. The average molecular weight is 249 g/mol. The second kappa shape index (κ2) is 4.72. The highest BCUT2D eigenvalue weighted by atomic mass is 15.2. The number of anilines is 2. The number of nitrogens with two attached hydrogens (primary N) is 1. The Morgan fingerprint density at radius 2 is 1.94 bits per heavy atom. The van der Waals surface area contributed by atoms with Gasteiger partial charge in [-0.15, -0.1) is 0 Å². The van der Waals surface area contributed by atoms with Crippen molar-refractivity contribution in [3.05, 3.63) is 11.4 Å². The molecule has 0 radical (unpaired) electrons. The molecule has 1 fully saturated rings. The van der Waals surface area contributed by atoms with Gasteiger partial charge in [-0.3, -0.25) is 0 Å². The third-order valence-electron chi connectivity index (χ3n) is 4.11. The van der Waals surface area contributed by atoms with E-state index in [4.69, 9.17) is 5.73 Å². The van der Waals surface area contributed by atoms with Crippen molar-refractivity contribution >= 4 is 11.6 Å². The number of nitrogens with one attached hydrogen (secondary N) is 1. The quantitative estimate of drug-likeness (QED) is 0.848. The molecule has 0 amide bonds. The summed E-state index contributed by atoms with van der Waals surface area (Å²) in [6.07, 6.45) is 3.79. The molecule has 3 N–H and O–H groups in total. The van der Waals surface area contributed by atoms with Gasteiger partial charge >= 0.3 is 0 Å². The standard InChI is InChI=1S/C13H23N5/c1-9-11(14)16-10(2)17-12(9)15-8-13(18(3)4)6-5-7-13/h5-8H2,1-4H3,(H3,14,15,16,17). The van der Waals surface area contributed by atoms with E-state index in [1.165, 1.54) is 19.3 Å². The largest absolute Gasteiger partial charge is 0.383 e. The minimum atomic E-state index is 0.278. The van der Waals surface area contributed by atoms with E-state index in [9.17, 15) is 0 Å². The predicted octanol–water partition coefficient (Wildman–Crippen LogP) is 1.57. The van der Waals surface area contributed by atoms with Crippen molar-refractivity contribution in [3.63, 3.8) is 0 Å². The van der Waals surface area contributed by atoms with Gasteiger partial charge in [0.2, 0.25) is 0 Å². The number of nitrogen functional groups attached to an aromatic ring is 1. The summed E-state index contributed by atoms with van der Waals surface area (Å²) in [5.74, 6) is 2.15. The van der Waals surface area contributed by atoms with E-state index in [-0.39, 0.29) is 5.54 Å². The SMILES string of the molecule is Cc1nc(N)c(C)c(NCC2(N(C)C)CCC2)n1. The monoisotopic (exact) mass is 249 g/mol. The lowest BCUT2D eigenvalue weighted by atomic mass is 9.75. The van der Waals surface area contributed by atoms with Crippen LogP contribution in [0.2, 0.25) is 0 Å². The summed E-state index contributed by atoms with van der Waals surface area (Å²) in [4.78, 5) is 10.9. The molecule has 5 heteroatoms. The number of rotatable bonds is 4. The number of aromatic nitrogens is 2. The molecule has 0 spiro atoms. The zero-order chi connectivity index (χ0) is 13.3. The summed E-state index contributed by atoms with van der Waals surface area (Å²) in [7, 11) is 4.29. The molecular weight excluding hydrogens is 226 g/mol. The van der Waals surface area contributed by atoms with Crippen LogP contribution >= 0.6 is 0 Å². The van der Waals surface area contributed by atoms with Crippen LogP contribution < -0.4 is 11.1 Å². The third-order valence-corrected chi connectivity index (χ3v) is 4.11. The Kier molecular flexibility index (Phi) is 3.43. The van der Waals surface area contributed by atoms with Crippen molar-refractivity contribution < 1.29 is 0 Å². The van der Waals surface area contributed by atoms with Gasteiger partial charge in [-0.25, -0.2) is 9.97 Å². The van der Waals surface area contributed by atoms with Gasteiger partial charge in [-0.2, -0.15) is 0 Å². The van der Waals surface area contributed by atoms with Gasteiger partial charge in [-0.05, 0) is 47.2 Å². The number of hydrogen-bond donors (Lipinski definition) is 2. The van der Waals surface area contributed by atoms with Gasteiger partial charge in [0, 0.05) is 17.6 Å². The number of nitrogens with zero attached hydrogens (tertiary/aromatic N) is 3. The first-order valence-corrected chi connectivity index (χ1v) is 6.47. The highest BCUT2D eigenvalue weighted by Crippen LogP contribution is 2.36. The lowest BCUT2D eigenvalue weighted by molar-refractivity contribution is 0.0738. The lowest BCUT2D eigenvalue weighted by Crippen LogP contribution is -2.54. The molecule has 18 heavy (non-hydrogen) atoms. The highest BCUT2D eigenvalue weighted by Gasteiger charge is 2.38. The second-order valence-electron chi connectivity index (χ2n) is 5.46. The fourth-order valence-corrected chi connectivity index (χ4v) is 2.44. The maximum absolute atomic E-state index is 5.87. The van der Waals surface area contributed by atoms with Crippen LogP contribution in [0.5, 0.6) is 0 Å². The zero-order valence-electron chi connectivity index (χ0n) is 11.7. The molecule has 1 aliphatic rings. The summed E-state index contributed by atoms with van der Waals surface area (Å²) in [6.45, 7) is 4.74. The van der Waals surface area contributed by atoms with E-state index in [1.54, 1.807) is 0 Å². The average Bonchev–Trinajstić information content (AvgIpc) is 2.22. The number of aryl methyl sites for hydroxylation is 1. The molecule has 5 nitrogen and oxygen atoms in total. The van der Waals surface area contributed by atoms with Crippen molar-refractivity contribution in [1.82, 2.24) is 14.9 Å². The van der Waals surface area contributed by atoms with E-state index < -0.39 is 0 Å². The van der Waals surface area contributed by atoms with Crippen LogP contribution in [0.15, 0.2) is 0 Å². The van der Waals surface area contributed by atoms with Gasteiger partial charge in [0.25, 0.3) is 0 Å². The Balaban J connectivity index is 2.11. The first kappa shape index (κ1) is 13.1. The Hall–Kier alpha value is -1.36. The molecule has 100 valence electrons. The molecular formula is C13H23N5. The van der Waals surface area contributed by atoms with Gasteiger partial charge in [0.15, 0.2) is 0 Å². The molecule has 1 aromatic heterocycles. The van der Waals surface area contributed by atoms with Crippen LogP contribution in [0.25, 0.3) is 0 Å². The number of likely N-dealkylation sites (N-methyl/N-ethyl adjacent to an activating group) is 1. The predicted molar refractivity (Wildman–Crippen MR) is 74.7 cm³/mol. The molecule has 0 unspecified atom stereocenters. The summed E-state index contributed by atoms with van der Waals surface area (Å²) in [6, 6.07) is 0. The van der Waals surface area contributed by atoms with Crippen LogP contribution in [-0.4, -0.2) is 41.0 Å². The maximum Gasteiger partial charge on any atom is 0.134 e. The molecule has 0 saturated heterocycles. The van der Waals surface area contributed by atoms with Crippen LogP contribution in [0.4, 0.5) is 11.6 Å². The van der Waals surface area contributed by atoms with Gasteiger partial charge in [0.1, 0.15) is 17.5 Å². The van der Waals surface area contributed by atoms with E-state index >= 15 is 0 Å². The molecule has 1 aliphatic carbocycles. The highest BCUT2D eigenvalue weighted by molar-refractivity contribution is 5.54. The van der Waals surface area contributed by atoms with Crippen molar-refractivity contribution in [2.75, 3.05) is 31.7 Å². The van der Waals surface area contributed by atoms with E-state index in [2.05, 4.69) is 34.3 Å². The van der Waals surface area contributed by atoms with Crippen molar-refractivity contribution in [2.24, 2.45) is 0 Å². The fourth-order valence-electron chi connectivity index (χ4n) is 2.44. The molecule has 0 aliphatic heterocycles. The van der Waals surface area contributed by atoms with Crippen molar-refractivity contribution in [1.29, 1.82) is 0 Å². The fraction of sp³-hybridized carbons (Fsp3) is 0.692. The maximum atomic E-state index is 5.87. The molecule has 0 atom stereocenters. The van der Waals surface area contributed by atoms with Gasteiger partial charge in [-0.1, -0.05) is 0 Å². The third kappa shape index (κ3) is 2.27. The van der Waals surface area contributed by atoms with Crippen LogP contribution in [0, 0.1) is 13.8 Å². The molecule has 2 rings (SSSR count). The van der Waals surface area contributed by atoms with Crippen molar-refractivity contribution in [3.8, 4) is 0 Å².